The summed E-state index contributed by atoms with van der Waals surface area (Å²) >= 11 is 0. The van der Waals surface area contributed by atoms with Crippen LogP contribution in [0.3, 0.4) is 0 Å². The average molecular weight is 408 g/mol. The Hall–Kier alpha value is -3.68. The zero-order valence-electron chi connectivity index (χ0n) is 16.8. The van der Waals surface area contributed by atoms with Gasteiger partial charge in [0.15, 0.2) is 0 Å². The van der Waals surface area contributed by atoms with Crippen LogP contribution in [0.25, 0.3) is 0 Å². The third-order valence-electron chi connectivity index (χ3n) is 4.91. The molecule has 5 amide bonds. The van der Waals surface area contributed by atoms with Crippen molar-refractivity contribution >= 4 is 29.4 Å². The van der Waals surface area contributed by atoms with Crippen LogP contribution in [0, 0.1) is 5.92 Å². The van der Waals surface area contributed by atoms with Crippen molar-refractivity contribution in [1.82, 2.24) is 10.2 Å². The van der Waals surface area contributed by atoms with Gasteiger partial charge in [-0.05, 0) is 42.2 Å². The highest BCUT2D eigenvalue weighted by Crippen LogP contribution is 2.35. The standard InChI is InChI=1S/C22H24N4O4/c1-14(2)12-22(16-6-4-3-5-7-16)20(29)26(21(30)25-22)13-18(27)24-17-10-8-15(9-11-17)19(23)28/h3-11,14H,12-13H2,1-2H3,(H2,23,28)(H,24,27)(H,25,30)/t22-/m0/s1. The molecule has 2 aromatic carbocycles. The lowest BCUT2D eigenvalue weighted by atomic mass is 9.82. The van der Waals surface area contributed by atoms with Crippen LogP contribution in [0.15, 0.2) is 54.6 Å². The number of primary amides is 1. The van der Waals surface area contributed by atoms with Crippen LogP contribution in [-0.4, -0.2) is 35.2 Å². The van der Waals surface area contributed by atoms with E-state index in [9.17, 15) is 19.2 Å². The van der Waals surface area contributed by atoms with Gasteiger partial charge < -0.3 is 16.4 Å². The zero-order valence-corrected chi connectivity index (χ0v) is 16.8. The lowest BCUT2D eigenvalue weighted by molar-refractivity contribution is -0.134. The summed E-state index contributed by atoms with van der Waals surface area (Å²) in [6.07, 6.45) is 0.411. The van der Waals surface area contributed by atoms with Gasteiger partial charge in [0.05, 0.1) is 0 Å². The summed E-state index contributed by atoms with van der Waals surface area (Å²) in [5, 5.41) is 5.43. The second-order valence-corrected chi connectivity index (χ2v) is 7.68. The number of nitrogens with two attached hydrogens (primary N) is 1. The molecule has 1 aliphatic rings. The van der Waals surface area contributed by atoms with Gasteiger partial charge in [0, 0.05) is 11.3 Å². The lowest BCUT2D eigenvalue weighted by Gasteiger charge is -2.29. The largest absolute Gasteiger partial charge is 0.366 e. The second-order valence-electron chi connectivity index (χ2n) is 7.68. The number of carbonyl (C=O) groups is 4. The first-order chi connectivity index (χ1) is 14.2. The minimum absolute atomic E-state index is 0.131. The maximum Gasteiger partial charge on any atom is 0.325 e. The fourth-order valence-electron chi connectivity index (χ4n) is 3.62. The van der Waals surface area contributed by atoms with Crippen molar-refractivity contribution in [3.63, 3.8) is 0 Å². The highest BCUT2D eigenvalue weighted by molar-refractivity contribution is 6.10. The fourth-order valence-corrected chi connectivity index (χ4v) is 3.62. The van der Waals surface area contributed by atoms with E-state index in [0.717, 1.165) is 4.90 Å². The first kappa shape index (κ1) is 21.0. The molecule has 1 aliphatic heterocycles. The molecule has 156 valence electrons. The third kappa shape index (κ3) is 4.17. The maximum absolute atomic E-state index is 13.3. The molecule has 4 N–H and O–H groups in total. The molecule has 8 heteroatoms. The van der Waals surface area contributed by atoms with Crippen molar-refractivity contribution in [2.45, 2.75) is 25.8 Å². The van der Waals surface area contributed by atoms with E-state index in [1.807, 2.05) is 32.0 Å². The molecular weight excluding hydrogens is 384 g/mol. The summed E-state index contributed by atoms with van der Waals surface area (Å²) in [5.74, 6) is -1.42. The predicted molar refractivity (Wildman–Crippen MR) is 111 cm³/mol. The van der Waals surface area contributed by atoms with Crippen LogP contribution < -0.4 is 16.4 Å². The van der Waals surface area contributed by atoms with Gasteiger partial charge in [0.2, 0.25) is 11.8 Å². The molecule has 0 saturated carbocycles. The Kier molecular flexibility index (Phi) is 5.86. The van der Waals surface area contributed by atoms with Gasteiger partial charge in [0.1, 0.15) is 12.1 Å². The quantitative estimate of drug-likeness (QED) is 0.608. The Balaban J connectivity index is 1.77. The molecule has 1 fully saturated rings. The van der Waals surface area contributed by atoms with Crippen LogP contribution in [0.4, 0.5) is 10.5 Å². The molecule has 1 saturated heterocycles. The number of amides is 5. The molecule has 0 unspecified atom stereocenters. The van der Waals surface area contributed by atoms with Crippen LogP contribution in [0.5, 0.6) is 0 Å². The first-order valence-corrected chi connectivity index (χ1v) is 9.62. The van der Waals surface area contributed by atoms with Crippen LogP contribution in [0.2, 0.25) is 0 Å². The number of anilines is 1. The molecule has 30 heavy (non-hydrogen) atoms. The Bertz CT molecular complexity index is 972. The van der Waals surface area contributed by atoms with Crippen molar-refractivity contribution in [3.05, 3.63) is 65.7 Å². The lowest BCUT2D eigenvalue weighted by Crippen LogP contribution is -2.45. The third-order valence-corrected chi connectivity index (χ3v) is 4.91. The van der Waals surface area contributed by atoms with Crippen LogP contribution >= 0.6 is 0 Å². The fraction of sp³-hybridized carbons (Fsp3) is 0.273. The highest BCUT2D eigenvalue weighted by Gasteiger charge is 2.52. The SMILES string of the molecule is CC(C)C[C@@]1(c2ccccc2)NC(=O)N(CC(=O)Nc2ccc(C(N)=O)cc2)C1=O. The molecule has 0 aromatic heterocycles. The second kappa shape index (κ2) is 8.36. The van der Waals surface area contributed by atoms with Crippen molar-refractivity contribution in [1.29, 1.82) is 0 Å². The minimum atomic E-state index is -1.20. The summed E-state index contributed by atoms with van der Waals surface area (Å²) in [6.45, 7) is 3.51. The Labute approximate surface area is 174 Å². The van der Waals surface area contributed by atoms with E-state index < -0.39 is 35.8 Å². The van der Waals surface area contributed by atoms with E-state index in [1.54, 1.807) is 12.1 Å². The van der Waals surface area contributed by atoms with Gasteiger partial charge in [-0.25, -0.2) is 4.79 Å². The van der Waals surface area contributed by atoms with E-state index in [0.29, 0.717) is 23.2 Å². The van der Waals surface area contributed by atoms with Crippen LogP contribution in [0.1, 0.15) is 36.2 Å². The van der Waals surface area contributed by atoms with Gasteiger partial charge >= 0.3 is 6.03 Å². The van der Waals surface area contributed by atoms with Gasteiger partial charge in [-0.15, -0.1) is 0 Å². The molecule has 3 rings (SSSR count). The molecule has 8 nitrogen and oxygen atoms in total. The summed E-state index contributed by atoms with van der Waals surface area (Å²) in [4.78, 5) is 50.5. The molecule has 0 bridgehead atoms. The summed E-state index contributed by atoms with van der Waals surface area (Å²) < 4.78 is 0. The zero-order chi connectivity index (χ0) is 21.9. The van der Waals surface area contributed by atoms with Gasteiger partial charge in [-0.1, -0.05) is 44.2 Å². The number of nitrogens with zero attached hydrogens (tertiary/aromatic N) is 1. The van der Waals surface area contributed by atoms with Gasteiger partial charge in [-0.2, -0.15) is 0 Å². The smallest absolute Gasteiger partial charge is 0.325 e. The van der Waals surface area contributed by atoms with E-state index in [1.165, 1.54) is 24.3 Å². The Morgan fingerprint density at radius 1 is 1.07 bits per heavy atom. The molecule has 1 atom stereocenters. The number of urea groups is 1. The first-order valence-electron chi connectivity index (χ1n) is 9.62. The predicted octanol–water partition coefficient (Wildman–Crippen LogP) is 2.22. The number of nitrogens with one attached hydrogen (secondary N) is 2. The maximum atomic E-state index is 13.3. The van der Waals surface area contributed by atoms with Crippen molar-refractivity contribution < 1.29 is 19.2 Å². The van der Waals surface area contributed by atoms with E-state index in [4.69, 9.17) is 5.73 Å². The summed E-state index contributed by atoms with van der Waals surface area (Å²) in [7, 11) is 0. The van der Waals surface area contributed by atoms with Gasteiger partial charge in [0.25, 0.3) is 5.91 Å². The molecule has 0 radical (unpaired) electrons. The van der Waals surface area contributed by atoms with Crippen molar-refractivity contribution in [3.8, 4) is 0 Å². The normalized spacial score (nSPS) is 18.4. The minimum Gasteiger partial charge on any atom is -0.366 e. The number of imide groups is 1. The van der Waals surface area contributed by atoms with E-state index >= 15 is 0 Å². The number of benzene rings is 2. The Morgan fingerprint density at radius 3 is 2.27 bits per heavy atom. The van der Waals surface area contributed by atoms with Crippen molar-refractivity contribution in [2.24, 2.45) is 11.7 Å². The van der Waals surface area contributed by atoms with E-state index in [2.05, 4.69) is 10.6 Å². The number of hydrogen-bond acceptors (Lipinski definition) is 4. The molecule has 0 aliphatic carbocycles. The number of carbonyl (C=O) groups excluding carboxylic acids is 4. The van der Waals surface area contributed by atoms with Crippen molar-refractivity contribution in [2.75, 3.05) is 11.9 Å². The molecule has 1 heterocycles. The molecule has 0 spiro atoms. The average Bonchev–Trinajstić information content (AvgIpc) is 2.93. The van der Waals surface area contributed by atoms with E-state index in [-0.39, 0.29) is 5.92 Å². The number of hydrogen-bond donors (Lipinski definition) is 3. The molecular formula is C22H24N4O4. The van der Waals surface area contributed by atoms with Crippen LogP contribution in [-0.2, 0) is 15.1 Å². The number of rotatable bonds is 7. The Morgan fingerprint density at radius 2 is 1.70 bits per heavy atom. The summed E-state index contributed by atoms with van der Waals surface area (Å²) in [5.41, 5.74) is 5.41. The monoisotopic (exact) mass is 408 g/mol. The van der Waals surface area contributed by atoms with Gasteiger partial charge in [-0.3, -0.25) is 19.3 Å². The highest BCUT2D eigenvalue weighted by atomic mass is 16.2. The molecule has 2 aromatic rings. The topological polar surface area (TPSA) is 122 Å². The summed E-state index contributed by atoms with van der Waals surface area (Å²) in [6, 6.07) is 14.4.